The Kier molecular flexibility index (Phi) is 55.7. The number of carboxylic acids is 1. The van der Waals surface area contributed by atoms with E-state index in [0.29, 0.717) is 17.4 Å². The maximum atomic E-state index is 12.9. The van der Waals surface area contributed by atoms with E-state index in [1.54, 1.807) is 0 Å². The number of hydrogen-bond donors (Lipinski definition) is 1. The first kappa shape index (κ1) is 74.2. The van der Waals surface area contributed by atoms with Gasteiger partial charge >= 0.3 is 17.9 Å². The minimum absolute atomic E-state index is 0.177. The molecule has 0 bridgehead atoms. The molecule has 2 atom stereocenters. The number of unbranched alkanes of at least 4 members (excludes halogenated alkanes) is 16. The van der Waals surface area contributed by atoms with E-state index < -0.39 is 24.3 Å². The number of esters is 2. The van der Waals surface area contributed by atoms with E-state index in [1.807, 2.05) is 21.1 Å². The van der Waals surface area contributed by atoms with Crippen molar-refractivity contribution >= 4 is 17.9 Å². The standard InChI is InChI=1S/C70H113NO8/c1-6-8-10-12-14-16-18-20-22-23-24-25-26-27-28-29-30-31-32-33-34-35-36-37-38-39-40-41-42-43-44-45-47-49-51-53-55-57-59-61-68(73)79-66(65-78-70(69(74)75)76-63-62-71(3,4)5)64-77-67(72)60-58-56-54-52-50-48-46-21-19-17-15-13-11-9-7-2/h8-11,14-17,20-22,24-25,27-28,30-31,33-34,36-37,39-40,46,66,70H,6-7,12-13,18-19,23,26,29,32,35,38,41-45,47-65H2,1-5H3/p+1/b10-8-,11-9-,16-14-,17-15-,22-20-,25-24-,28-27-,31-30-,34-33-,37-36-,40-39-,46-21-. The molecule has 9 nitrogen and oxygen atoms in total. The fraction of sp³-hybridized carbons (Fsp3) is 0.614. The Bertz CT molecular complexity index is 1800. The largest absolute Gasteiger partial charge is 0.477 e. The SMILES string of the molecule is CC/C=C\C/C=C\C/C=C\C/C=C\C/C=C\C/C=C\C/C=C\C/C=C\C/C=C\CCCCCCCCCCCCCC(=O)OC(COC(=O)CCCCCCC/C=C\C/C=C\C/C=C\CC)COC(OCC[N+](C)(C)C)C(=O)O. The number of carbonyl (C=O) groups is 3. The number of aliphatic carboxylic acids is 1. The first-order valence-electron chi connectivity index (χ1n) is 31.0. The second-order valence-electron chi connectivity index (χ2n) is 21.2. The van der Waals surface area contributed by atoms with E-state index in [2.05, 4.69) is 160 Å². The molecule has 0 aromatic heterocycles. The van der Waals surface area contributed by atoms with E-state index in [-0.39, 0.29) is 38.6 Å². The molecule has 0 heterocycles. The van der Waals surface area contributed by atoms with Crippen LogP contribution in [-0.4, -0.2) is 87.4 Å². The predicted octanol–water partition coefficient (Wildman–Crippen LogP) is 18.8. The van der Waals surface area contributed by atoms with Crippen LogP contribution < -0.4 is 0 Å². The highest BCUT2D eigenvalue weighted by molar-refractivity contribution is 5.71. The summed E-state index contributed by atoms with van der Waals surface area (Å²) in [5.41, 5.74) is 0. The average molecular weight is 1100 g/mol. The van der Waals surface area contributed by atoms with Gasteiger partial charge in [0, 0.05) is 12.8 Å². The number of quaternary nitrogens is 1. The van der Waals surface area contributed by atoms with Crippen LogP contribution in [0.25, 0.3) is 0 Å². The van der Waals surface area contributed by atoms with Gasteiger partial charge in [0.15, 0.2) is 6.10 Å². The summed E-state index contributed by atoms with van der Waals surface area (Å²) in [6.45, 7) is 4.60. The van der Waals surface area contributed by atoms with Crippen LogP contribution >= 0.6 is 0 Å². The lowest BCUT2D eigenvalue weighted by Crippen LogP contribution is -2.40. The molecule has 0 spiro atoms. The van der Waals surface area contributed by atoms with Gasteiger partial charge in [0.25, 0.3) is 6.29 Å². The molecule has 0 saturated carbocycles. The molecule has 1 N–H and O–H groups in total. The second kappa shape index (κ2) is 59.3. The maximum Gasteiger partial charge on any atom is 0.361 e. The van der Waals surface area contributed by atoms with E-state index in [4.69, 9.17) is 18.9 Å². The molecule has 0 aliphatic heterocycles. The minimum Gasteiger partial charge on any atom is -0.477 e. The van der Waals surface area contributed by atoms with Gasteiger partial charge in [-0.05, 0) is 116 Å². The highest BCUT2D eigenvalue weighted by atomic mass is 16.7. The Labute approximate surface area is 483 Å². The van der Waals surface area contributed by atoms with Gasteiger partial charge in [-0.15, -0.1) is 0 Å². The fourth-order valence-corrected chi connectivity index (χ4v) is 7.90. The number of ether oxygens (including phenoxy) is 4. The van der Waals surface area contributed by atoms with Crippen LogP contribution in [-0.2, 0) is 33.3 Å². The minimum atomic E-state index is -1.52. The van der Waals surface area contributed by atoms with Crippen molar-refractivity contribution in [2.45, 2.75) is 232 Å². The summed E-state index contributed by atoms with van der Waals surface area (Å²) in [6, 6.07) is 0. The number of hydrogen-bond acceptors (Lipinski definition) is 7. The Morgan fingerprint density at radius 2 is 0.684 bits per heavy atom. The predicted molar refractivity (Wildman–Crippen MR) is 336 cm³/mol. The van der Waals surface area contributed by atoms with Crippen molar-refractivity contribution in [1.82, 2.24) is 0 Å². The zero-order valence-corrected chi connectivity index (χ0v) is 50.7. The van der Waals surface area contributed by atoms with Crippen LogP contribution in [0, 0.1) is 0 Å². The smallest absolute Gasteiger partial charge is 0.361 e. The van der Waals surface area contributed by atoms with Crippen molar-refractivity contribution < 1.29 is 42.9 Å². The summed E-state index contributed by atoms with van der Waals surface area (Å²) in [6.07, 6.45) is 83.7. The molecule has 0 saturated heterocycles. The molecule has 0 amide bonds. The third-order valence-electron chi connectivity index (χ3n) is 12.6. The van der Waals surface area contributed by atoms with Crippen LogP contribution in [0.15, 0.2) is 146 Å². The van der Waals surface area contributed by atoms with Crippen LogP contribution in [0.4, 0.5) is 0 Å². The van der Waals surface area contributed by atoms with Crippen LogP contribution in [0.1, 0.15) is 219 Å². The molecular formula is C70H114NO8+. The normalized spacial score (nSPS) is 13.8. The number of allylic oxidation sites excluding steroid dienone is 24. The first-order valence-corrected chi connectivity index (χ1v) is 31.0. The van der Waals surface area contributed by atoms with E-state index in [0.717, 1.165) is 141 Å². The number of likely N-dealkylation sites (N-methyl/N-ethyl adjacent to an activating group) is 1. The highest BCUT2D eigenvalue weighted by Gasteiger charge is 2.25. The molecule has 0 radical (unpaired) electrons. The molecule has 446 valence electrons. The van der Waals surface area contributed by atoms with E-state index in [9.17, 15) is 19.5 Å². The number of carboxylic acid groups (broad SMARTS) is 1. The molecule has 0 fully saturated rings. The van der Waals surface area contributed by atoms with Crippen LogP contribution in [0.2, 0.25) is 0 Å². The van der Waals surface area contributed by atoms with Crippen molar-refractivity contribution in [3.8, 4) is 0 Å². The molecule has 0 rings (SSSR count). The van der Waals surface area contributed by atoms with Crippen LogP contribution in [0.3, 0.4) is 0 Å². The van der Waals surface area contributed by atoms with Crippen molar-refractivity contribution in [2.75, 3.05) is 47.5 Å². The molecular weight excluding hydrogens is 983 g/mol. The lowest BCUT2D eigenvalue weighted by atomic mass is 10.0. The monoisotopic (exact) mass is 1100 g/mol. The van der Waals surface area contributed by atoms with Gasteiger partial charge in [-0.2, -0.15) is 0 Å². The first-order chi connectivity index (χ1) is 38.6. The van der Waals surface area contributed by atoms with E-state index in [1.165, 1.54) is 44.9 Å². The maximum absolute atomic E-state index is 12.9. The molecule has 2 unspecified atom stereocenters. The van der Waals surface area contributed by atoms with Crippen molar-refractivity contribution in [3.63, 3.8) is 0 Å². The van der Waals surface area contributed by atoms with Gasteiger partial charge in [0.2, 0.25) is 0 Å². The third-order valence-corrected chi connectivity index (χ3v) is 12.6. The van der Waals surface area contributed by atoms with Gasteiger partial charge in [-0.25, -0.2) is 4.79 Å². The summed E-state index contributed by atoms with van der Waals surface area (Å²) in [4.78, 5) is 37.4. The Morgan fingerprint density at radius 3 is 1.01 bits per heavy atom. The fourth-order valence-electron chi connectivity index (χ4n) is 7.90. The number of nitrogens with zero attached hydrogens (tertiary/aromatic N) is 1. The Morgan fingerprint density at radius 1 is 0.380 bits per heavy atom. The highest BCUT2D eigenvalue weighted by Crippen LogP contribution is 2.15. The summed E-state index contributed by atoms with van der Waals surface area (Å²) in [7, 11) is 5.95. The van der Waals surface area contributed by atoms with Crippen LogP contribution in [0.5, 0.6) is 0 Å². The van der Waals surface area contributed by atoms with Gasteiger partial charge in [-0.3, -0.25) is 9.59 Å². The molecule has 0 aliphatic carbocycles. The average Bonchev–Trinajstić information content (AvgIpc) is 3.42. The lowest BCUT2D eigenvalue weighted by molar-refractivity contribution is -0.870. The second-order valence-corrected chi connectivity index (χ2v) is 21.2. The lowest BCUT2D eigenvalue weighted by Gasteiger charge is -2.25. The summed E-state index contributed by atoms with van der Waals surface area (Å²) < 4.78 is 22.8. The summed E-state index contributed by atoms with van der Waals surface area (Å²) in [5, 5.41) is 9.70. The van der Waals surface area contributed by atoms with Crippen molar-refractivity contribution in [1.29, 1.82) is 0 Å². The topological polar surface area (TPSA) is 108 Å². The number of carbonyl (C=O) groups excluding carboxylic acids is 2. The van der Waals surface area contributed by atoms with Gasteiger partial charge < -0.3 is 28.5 Å². The quantitative estimate of drug-likeness (QED) is 0.0211. The molecule has 0 aliphatic rings. The summed E-state index contributed by atoms with van der Waals surface area (Å²) >= 11 is 0. The van der Waals surface area contributed by atoms with Gasteiger partial charge in [0.1, 0.15) is 13.2 Å². The molecule has 0 aromatic carbocycles. The third kappa shape index (κ3) is 60.7. The summed E-state index contributed by atoms with van der Waals surface area (Å²) in [5.74, 6) is -2.05. The van der Waals surface area contributed by atoms with Gasteiger partial charge in [0.05, 0.1) is 34.4 Å². The molecule has 0 aromatic rings. The Hall–Kier alpha value is -4.83. The zero-order valence-electron chi connectivity index (χ0n) is 50.7. The zero-order chi connectivity index (χ0) is 57.6. The number of rotatable bonds is 55. The molecule has 9 heteroatoms. The van der Waals surface area contributed by atoms with Crippen molar-refractivity contribution in [3.05, 3.63) is 146 Å². The van der Waals surface area contributed by atoms with Gasteiger partial charge in [-0.1, -0.05) is 237 Å². The van der Waals surface area contributed by atoms with E-state index >= 15 is 0 Å². The Balaban J connectivity index is 4.16. The molecule has 79 heavy (non-hydrogen) atoms. The van der Waals surface area contributed by atoms with Crippen molar-refractivity contribution in [2.24, 2.45) is 0 Å².